The van der Waals surface area contributed by atoms with Crippen molar-refractivity contribution in [1.82, 2.24) is 0 Å². The Bertz CT molecular complexity index is 176. The lowest BCUT2D eigenvalue weighted by Crippen LogP contribution is -1.76. The fourth-order valence-electron chi connectivity index (χ4n) is 0.618. The molecule has 1 aromatic carbocycles. The first kappa shape index (κ1) is 6.63. The van der Waals surface area contributed by atoms with Crippen molar-refractivity contribution in [3.05, 3.63) is 35.4 Å². The third-order valence-electron chi connectivity index (χ3n) is 1.19. The van der Waals surface area contributed by atoms with Crippen LogP contribution in [0.1, 0.15) is 11.1 Å². The number of alkyl halides is 1. The number of halogens is 1. The zero-order valence-electron chi connectivity index (χ0n) is 5.32. The number of rotatable bonds is 1. The minimum atomic E-state index is 0.580. The van der Waals surface area contributed by atoms with Gasteiger partial charge in [0.2, 0.25) is 0 Å². The third kappa shape index (κ3) is 1.72. The van der Waals surface area contributed by atoms with Crippen molar-refractivity contribution in [2.75, 3.05) is 0 Å². The van der Waals surface area contributed by atoms with E-state index in [9.17, 15) is 0 Å². The van der Waals surface area contributed by atoms with Crippen LogP contribution >= 0.6 is 11.6 Å². The summed E-state index contributed by atoms with van der Waals surface area (Å²) in [7, 11) is 0. The lowest BCUT2D eigenvalue weighted by atomic mass is 10.2. The van der Waals surface area contributed by atoms with E-state index in [1.165, 1.54) is 0 Å². The zero-order valence-corrected chi connectivity index (χ0v) is 6.07. The fraction of sp³-hybridized carbons (Fsp3) is 0.250. The molecule has 0 fully saturated rings. The number of hydrogen-bond donors (Lipinski definition) is 0. The molecule has 0 aromatic heterocycles. The summed E-state index contributed by atoms with van der Waals surface area (Å²) in [6.45, 7) is 2.01. The maximum absolute atomic E-state index is 5.56. The predicted molar refractivity (Wildman–Crippen MR) is 39.6 cm³/mol. The Morgan fingerprint density at radius 2 is 2.33 bits per heavy atom. The molecule has 1 heteroatoms. The second-order valence-electron chi connectivity index (χ2n) is 2.01. The Kier molecular flexibility index (Phi) is 2.12. The van der Waals surface area contributed by atoms with Crippen LogP contribution in [0.5, 0.6) is 0 Å². The van der Waals surface area contributed by atoms with Gasteiger partial charge >= 0.3 is 0 Å². The SMILES string of the molecule is Cc1[c]cc(CCl)cc1. The quantitative estimate of drug-likeness (QED) is 0.525. The van der Waals surface area contributed by atoms with E-state index < -0.39 is 0 Å². The second-order valence-corrected chi connectivity index (χ2v) is 2.28. The van der Waals surface area contributed by atoms with Crippen LogP contribution in [-0.2, 0) is 5.88 Å². The molecule has 0 unspecified atom stereocenters. The van der Waals surface area contributed by atoms with E-state index in [1.54, 1.807) is 0 Å². The first-order chi connectivity index (χ1) is 4.33. The number of benzene rings is 1. The molecule has 0 saturated carbocycles. The lowest BCUT2D eigenvalue weighted by molar-refractivity contribution is 1.35. The van der Waals surface area contributed by atoms with E-state index in [0.29, 0.717) is 5.88 Å². The Balaban J connectivity index is 2.88. The van der Waals surface area contributed by atoms with Crippen molar-refractivity contribution in [1.29, 1.82) is 0 Å². The van der Waals surface area contributed by atoms with Gasteiger partial charge in [0.05, 0.1) is 0 Å². The van der Waals surface area contributed by atoms with Gasteiger partial charge in [0.1, 0.15) is 0 Å². The maximum Gasteiger partial charge on any atom is 0.0474 e. The van der Waals surface area contributed by atoms with Gasteiger partial charge in [-0.3, -0.25) is 0 Å². The average Bonchev–Trinajstić information content (AvgIpc) is 1.90. The molecule has 0 aliphatic heterocycles. The highest BCUT2D eigenvalue weighted by atomic mass is 35.5. The Hall–Kier alpha value is -0.490. The molecule has 0 amide bonds. The van der Waals surface area contributed by atoms with Crippen molar-refractivity contribution < 1.29 is 0 Å². The van der Waals surface area contributed by atoms with Gasteiger partial charge in [-0.15, -0.1) is 11.6 Å². The Morgan fingerprint density at radius 3 is 2.78 bits per heavy atom. The molecule has 9 heavy (non-hydrogen) atoms. The molecule has 1 radical (unpaired) electrons. The van der Waals surface area contributed by atoms with Crippen LogP contribution in [0.25, 0.3) is 0 Å². The van der Waals surface area contributed by atoms with Crippen LogP contribution in [-0.4, -0.2) is 0 Å². The predicted octanol–water partition coefficient (Wildman–Crippen LogP) is 2.53. The molecule has 0 atom stereocenters. The number of hydrogen-bond acceptors (Lipinski definition) is 0. The largest absolute Gasteiger partial charge is 0.122 e. The van der Waals surface area contributed by atoms with Gasteiger partial charge in [0, 0.05) is 5.88 Å². The van der Waals surface area contributed by atoms with Gasteiger partial charge in [0.15, 0.2) is 0 Å². The highest BCUT2D eigenvalue weighted by Crippen LogP contribution is 2.04. The Labute approximate surface area is 60.5 Å². The minimum Gasteiger partial charge on any atom is -0.122 e. The summed E-state index contributed by atoms with van der Waals surface area (Å²) in [5, 5.41) is 0. The maximum atomic E-state index is 5.56. The fourth-order valence-corrected chi connectivity index (χ4v) is 0.784. The van der Waals surface area contributed by atoms with Crippen LogP contribution in [0.3, 0.4) is 0 Å². The summed E-state index contributed by atoms with van der Waals surface area (Å²) < 4.78 is 0. The van der Waals surface area contributed by atoms with Crippen molar-refractivity contribution in [3.8, 4) is 0 Å². The van der Waals surface area contributed by atoms with Gasteiger partial charge in [-0.1, -0.05) is 12.1 Å². The lowest BCUT2D eigenvalue weighted by Gasteiger charge is -1.92. The molecular formula is C8H8Cl. The summed E-state index contributed by atoms with van der Waals surface area (Å²) in [6, 6.07) is 9.01. The van der Waals surface area contributed by atoms with Crippen molar-refractivity contribution in [2.24, 2.45) is 0 Å². The van der Waals surface area contributed by atoms with Gasteiger partial charge in [0.25, 0.3) is 0 Å². The van der Waals surface area contributed by atoms with E-state index in [-0.39, 0.29) is 0 Å². The summed E-state index contributed by atoms with van der Waals surface area (Å²) in [5.41, 5.74) is 2.28. The molecule has 0 saturated heterocycles. The van der Waals surface area contributed by atoms with Crippen molar-refractivity contribution >= 4 is 11.6 Å². The molecule has 0 bridgehead atoms. The van der Waals surface area contributed by atoms with Gasteiger partial charge in [-0.2, -0.15) is 0 Å². The van der Waals surface area contributed by atoms with Crippen LogP contribution in [0.15, 0.2) is 18.2 Å². The molecule has 0 spiro atoms. The average molecular weight is 140 g/mol. The monoisotopic (exact) mass is 139 g/mol. The van der Waals surface area contributed by atoms with Crippen molar-refractivity contribution in [2.45, 2.75) is 12.8 Å². The minimum absolute atomic E-state index is 0.580. The van der Waals surface area contributed by atoms with Gasteiger partial charge < -0.3 is 0 Å². The first-order valence-electron chi connectivity index (χ1n) is 2.86. The highest BCUT2D eigenvalue weighted by molar-refractivity contribution is 6.17. The van der Waals surface area contributed by atoms with E-state index in [0.717, 1.165) is 11.1 Å². The smallest absolute Gasteiger partial charge is 0.0474 e. The van der Waals surface area contributed by atoms with E-state index in [4.69, 9.17) is 11.6 Å². The topological polar surface area (TPSA) is 0 Å². The molecule has 1 rings (SSSR count). The van der Waals surface area contributed by atoms with Crippen LogP contribution in [0.2, 0.25) is 0 Å². The summed E-state index contributed by atoms with van der Waals surface area (Å²) in [5.74, 6) is 0.580. The molecule has 0 aliphatic rings. The normalized spacial score (nSPS) is 9.56. The number of aryl methyl sites for hydroxylation is 1. The summed E-state index contributed by atoms with van der Waals surface area (Å²) in [4.78, 5) is 0. The zero-order chi connectivity index (χ0) is 6.69. The Morgan fingerprint density at radius 1 is 1.56 bits per heavy atom. The van der Waals surface area contributed by atoms with E-state index >= 15 is 0 Å². The summed E-state index contributed by atoms with van der Waals surface area (Å²) in [6.07, 6.45) is 0. The molecule has 0 aliphatic carbocycles. The summed E-state index contributed by atoms with van der Waals surface area (Å²) >= 11 is 5.56. The van der Waals surface area contributed by atoms with Gasteiger partial charge in [-0.25, -0.2) is 0 Å². The van der Waals surface area contributed by atoms with Crippen LogP contribution < -0.4 is 0 Å². The van der Waals surface area contributed by atoms with Crippen molar-refractivity contribution in [3.63, 3.8) is 0 Å². The molecule has 0 nitrogen and oxygen atoms in total. The second kappa shape index (κ2) is 2.88. The van der Waals surface area contributed by atoms with E-state index in [2.05, 4.69) is 6.07 Å². The standard InChI is InChI=1S/C8H8Cl/c1-7-2-4-8(6-9)5-3-7/h2,4-5H,6H2,1H3. The molecule has 0 N–H and O–H groups in total. The molecule has 0 heterocycles. The highest BCUT2D eigenvalue weighted by Gasteiger charge is 1.86. The third-order valence-corrected chi connectivity index (χ3v) is 1.50. The molecule has 1 aromatic rings. The first-order valence-corrected chi connectivity index (χ1v) is 3.39. The van der Waals surface area contributed by atoms with Crippen LogP contribution in [0, 0.1) is 13.0 Å². The van der Waals surface area contributed by atoms with Crippen LogP contribution in [0.4, 0.5) is 0 Å². The van der Waals surface area contributed by atoms with E-state index in [1.807, 2.05) is 25.1 Å². The van der Waals surface area contributed by atoms with Gasteiger partial charge in [-0.05, 0) is 30.2 Å². The molecular weight excluding hydrogens is 132 g/mol. The molecule has 47 valence electrons.